The zero-order valence-electron chi connectivity index (χ0n) is 23.3. The van der Waals surface area contributed by atoms with Crippen LogP contribution in [0.2, 0.25) is 0 Å². The van der Waals surface area contributed by atoms with Gasteiger partial charge in [0.05, 0.1) is 26.8 Å². The largest absolute Gasteiger partial charge is 0.493 e. The molecule has 0 fully saturated rings. The minimum absolute atomic E-state index is 0.261. The lowest BCUT2D eigenvalue weighted by molar-refractivity contribution is 0.0910. The Morgan fingerprint density at radius 1 is 0.683 bits per heavy atom. The average molecular weight is 547 g/mol. The number of furan rings is 1. The lowest BCUT2D eigenvalue weighted by Crippen LogP contribution is -2.29. The van der Waals surface area contributed by atoms with Crippen LogP contribution in [0.15, 0.2) is 126 Å². The first-order valence-electron chi connectivity index (χ1n) is 13.6. The van der Waals surface area contributed by atoms with Gasteiger partial charge < -0.3 is 19.2 Å². The van der Waals surface area contributed by atoms with Gasteiger partial charge in [0, 0.05) is 13.1 Å². The number of nitrogens with zero attached hydrogens (tertiary/aromatic N) is 1. The van der Waals surface area contributed by atoms with Crippen LogP contribution in [0, 0.1) is 0 Å². The summed E-state index contributed by atoms with van der Waals surface area (Å²) in [6.07, 6.45) is 0. The van der Waals surface area contributed by atoms with E-state index in [1.807, 2.05) is 103 Å². The number of hydrogen-bond acceptors (Lipinski definition) is 5. The summed E-state index contributed by atoms with van der Waals surface area (Å²) in [5.74, 6) is 2.11. The third-order valence-electron chi connectivity index (χ3n) is 6.91. The second-order valence-electron chi connectivity index (χ2n) is 9.81. The van der Waals surface area contributed by atoms with Crippen molar-refractivity contribution in [1.82, 2.24) is 10.2 Å². The van der Waals surface area contributed by atoms with Crippen LogP contribution in [0.3, 0.4) is 0 Å². The lowest BCUT2D eigenvalue weighted by Gasteiger charge is -2.22. The van der Waals surface area contributed by atoms with Crippen molar-refractivity contribution in [3.8, 4) is 11.5 Å². The Balaban J connectivity index is 1.34. The molecule has 5 rings (SSSR count). The first kappa shape index (κ1) is 27.7. The van der Waals surface area contributed by atoms with Crippen molar-refractivity contribution in [3.63, 3.8) is 0 Å². The Morgan fingerprint density at radius 3 is 1.88 bits per heavy atom. The maximum atomic E-state index is 13.4. The molecular formula is C35H34N2O4. The molecule has 0 spiro atoms. The first-order chi connectivity index (χ1) is 20.1. The summed E-state index contributed by atoms with van der Waals surface area (Å²) in [5, 5.41) is 3.16. The smallest absolute Gasteiger partial charge is 0.287 e. The molecule has 208 valence electrons. The quantitative estimate of drug-likeness (QED) is 0.182. The van der Waals surface area contributed by atoms with Gasteiger partial charge in [0.2, 0.25) is 0 Å². The van der Waals surface area contributed by atoms with E-state index >= 15 is 0 Å². The van der Waals surface area contributed by atoms with Crippen molar-refractivity contribution < 1.29 is 18.7 Å². The van der Waals surface area contributed by atoms with Crippen molar-refractivity contribution in [3.05, 3.63) is 155 Å². The van der Waals surface area contributed by atoms with Crippen LogP contribution in [0.25, 0.3) is 0 Å². The highest BCUT2D eigenvalue weighted by atomic mass is 16.5. The Morgan fingerprint density at radius 2 is 1.27 bits per heavy atom. The molecule has 5 aromatic rings. The number of ether oxygens (including phenoxy) is 2. The van der Waals surface area contributed by atoms with E-state index in [-0.39, 0.29) is 17.7 Å². The Hall–Kier alpha value is -4.81. The number of nitrogens with one attached hydrogen (secondary N) is 1. The molecule has 0 saturated heterocycles. The fourth-order valence-corrected chi connectivity index (χ4v) is 4.90. The van der Waals surface area contributed by atoms with Crippen LogP contribution in [0.4, 0.5) is 0 Å². The molecule has 0 aliphatic carbocycles. The summed E-state index contributed by atoms with van der Waals surface area (Å²) < 4.78 is 17.0. The van der Waals surface area contributed by atoms with Crippen molar-refractivity contribution in [2.45, 2.75) is 25.7 Å². The summed E-state index contributed by atoms with van der Waals surface area (Å²) in [4.78, 5) is 15.6. The molecule has 1 heterocycles. The van der Waals surface area contributed by atoms with E-state index in [0.29, 0.717) is 36.9 Å². The van der Waals surface area contributed by atoms with E-state index in [1.54, 1.807) is 20.3 Å². The van der Waals surface area contributed by atoms with Gasteiger partial charge in [-0.1, -0.05) is 97.1 Å². The van der Waals surface area contributed by atoms with E-state index < -0.39 is 0 Å². The molecule has 1 N–H and O–H groups in total. The van der Waals surface area contributed by atoms with Gasteiger partial charge in [0.15, 0.2) is 17.3 Å². The normalized spacial score (nSPS) is 11.0. The van der Waals surface area contributed by atoms with Gasteiger partial charge in [-0.15, -0.1) is 0 Å². The van der Waals surface area contributed by atoms with Crippen LogP contribution < -0.4 is 14.8 Å². The number of amides is 1. The van der Waals surface area contributed by atoms with E-state index in [9.17, 15) is 4.79 Å². The van der Waals surface area contributed by atoms with E-state index in [2.05, 4.69) is 22.3 Å². The minimum Gasteiger partial charge on any atom is -0.493 e. The SMILES string of the molecule is COc1ccc(CN(Cc2ccccc2)Cc2ccc(C(=O)NC(c3ccccc3)c3ccccc3)o2)cc1OC. The van der Waals surface area contributed by atoms with Crippen LogP contribution in [0.5, 0.6) is 11.5 Å². The standard InChI is InChI=1S/C35H34N2O4/c1-39-31-20-18-27(22-33(31)40-2)24-37(23-26-12-6-3-7-13-26)25-30-19-21-32(41-30)35(38)36-34(28-14-8-4-9-15-28)29-16-10-5-11-17-29/h3-22,34H,23-25H2,1-2H3,(H,36,38). The number of rotatable bonds is 12. The second-order valence-corrected chi connectivity index (χ2v) is 9.81. The third kappa shape index (κ3) is 7.24. The van der Waals surface area contributed by atoms with E-state index in [1.165, 1.54) is 5.56 Å². The predicted molar refractivity (Wildman–Crippen MR) is 160 cm³/mol. The highest BCUT2D eigenvalue weighted by molar-refractivity contribution is 5.92. The molecule has 0 radical (unpaired) electrons. The predicted octanol–water partition coefficient (Wildman–Crippen LogP) is 7.02. The summed E-state index contributed by atoms with van der Waals surface area (Å²) in [6.45, 7) is 1.89. The Labute approximate surface area is 241 Å². The summed E-state index contributed by atoms with van der Waals surface area (Å²) in [7, 11) is 3.27. The maximum Gasteiger partial charge on any atom is 0.287 e. The van der Waals surface area contributed by atoms with Crippen LogP contribution in [-0.2, 0) is 19.6 Å². The summed E-state index contributed by atoms with van der Waals surface area (Å²) in [6, 6.07) is 39.5. The zero-order valence-corrected chi connectivity index (χ0v) is 23.3. The zero-order chi connectivity index (χ0) is 28.4. The molecule has 1 amide bonds. The van der Waals surface area contributed by atoms with Gasteiger partial charge >= 0.3 is 0 Å². The fourth-order valence-electron chi connectivity index (χ4n) is 4.90. The molecule has 0 atom stereocenters. The molecule has 4 aromatic carbocycles. The topological polar surface area (TPSA) is 63.9 Å². The van der Waals surface area contributed by atoms with Crippen LogP contribution in [0.1, 0.15) is 44.6 Å². The van der Waals surface area contributed by atoms with E-state index in [4.69, 9.17) is 13.9 Å². The molecule has 0 saturated carbocycles. The van der Waals surface area contributed by atoms with Crippen molar-refractivity contribution in [2.24, 2.45) is 0 Å². The number of hydrogen-bond donors (Lipinski definition) is 1. The number of benzene rings is 4. The first-order valence-corrected chi connectivity index (χ1v) is 13.6. The molecule has 1 aromatic heterocycles. The molecule has 6 heteroatoms. The molecule has 0 bridgehead atoms. The monoisotopic (exact) mass is 546 g/mol. The van der Waals surface area contributed by atoms with Gasteiger partial charge in [-0.3, -0.25) is 9.69 Å². The molecular weight excluding hydrogens is 512 g/mol. The molecule has 0 unspecified atom stereocenters. The van der Waals surface area contributed by atoms with Gasteiger partial charge in [-0.05, 0) is 46.5 Å². The fraction of sp³-hybridized carbons (Fsp3) is 0.171. The molecule has 41 heavy (non-hydrogen) atoms. The van der Waals surface area contributed by atoms with Gasteiger partial charge in [0.25, 0.3) is 5.91 Å². The van der Waals surface area contributed by atoms with Gasteiger partial charge in [-0.25, -0.2) is 0 Å². The number of methoxy groups -OCH3 is 2. The van der Waals surface area contributed by atoms with Crippen LogP contribution in [-0.4, -0.2) is 25.0 Å². The molecule has 0 aliphatic heterocycles. The molecule has 0 aliphatic rings. The Kier molecular flexibility index (Phi) is 9.14. The van der Waals surface area contributed by atoms with Crippen molar-refractivity contribution in [1.29, 1.82) is 0 Å². The van der Waals surface area contributed by atoms with Crippen LogP contribution >= 0.6 is 0 Å². The second kappa shape index (κ2) is 13.5. The number of carbonyl (C=O) groups is 1. The summed E-state index contributed by atoms with van der Waals surface area (Å²) >= 11 is 0. The van der Waals surface area contributed by atoms with Gasteiger partial charge in [-0.2, -0.15) is 0 Å². The lowest BCUT2D eigenvalue weighted by atomic mass is 9.98. The van der Waals surface area contributed by atoms with Gasteiger partial charge in [0.1, 0.15) is 5.76 Å². The number of carbonyl (C=O) groups excluding carboxylic acids is 1. The Bertz CT molecular complexity index is 1500. The maximum absolute atomic E-state index is 13.4. The highest BCUT2D eigenvalue weighted by Crippen LogP contribution is 2.29. The third-order valence-corrected chi connectivity index (χ3v) is 6.91. The summed E-state index contributed by atoms with van der Waals surface area (Å²) in [5.41, 5.74) is 4.27. The minimum atomic E-state index is -0.293. The van der Waals surface area contributed by atoms with Crippen molar-refractivity contribution in [2.75, 3.05) is 14.2 Å². The van der Waals surface area contributed by atoms with E-state index in [0.717, 1.165) is 16.7 Å². The average Bonchev–Trinajstić information content (AvgIpc) is 3.49. The highest BCUT2D eigenvalue weighted by Gasteiger charge is 2.21. The van der Waals surface area contributed by atoms with Crippen molar-refractivity contribution >= 4 is 5.91 Å². The molecule has 6 nitrogen and oxygen atoms in total.